The fraction of sp³-hybridized carbons (Fsp3) is 0.684. The molecule has 2 nitrogen and oxygen atoms in total. The summed E-state index contributed by atoms with van der Waals surface area (Å²) in [6.45, 7) is 1.22. The summed E-state index contributed by atoms with van der Waals surface area (Å²) in [4.78, 5) is 0. The molecule has 0 amide bonds. The van der Waals surface area contributed by atoms with Crippen molar-refractivity contribution in [1.29, 1.82) is 0 Å². The lowest BCUT2D eigenvalue weighted by atomic mass is 9.69. The minimum atomic E-state index is 0.486. The van der Waals surface area contributed by atoms with Gasteiger partial charge in [0.1, 0.15) is 5.75 Å². The zero-order chi connectivity index (χ0) is 14.3. The van der Waals surface area contributed by atoms with Gasteiger partial charge in [-0.3, -0.25) is 0 Å². The highest BCUT2D eigenvalue weighted by atomic mass is 16.5. The molecule has 0 spiro atoms. The van der Waals surface area contributed by atoms with Crippen molar-refractivity contribution in [2.24, 2.45) is 17.3 Å². The Kier molecular flexibility index (Phi) is 3.45. The number of ether oxygens (including phenoxy) is 1. The van der Waals surface area contributed by atoms with Crippen molar-refractivity contribution in [3.63, 3.8) is 0 Å². The van der Waals surface area contributed by atoms with Gasteiger partial charge in [0.2, 0.25) is 0 Å². The van der Waals surface area contributed by atoms with Crippen molar-refractivity contribution in [2.75, 3.05) is 13.7 Å². The predicted octanol–water partition coefficient (Wildman–Crippen LogP) is 3.80. The van der Waals surface area contributed by atoms with Gasteiger partial charge >= 0.3 is 0 Å². The van der Waals surface area contributed by atoms with E-state index in [1.165, 1.54) is 57.1 Å². The molecule has 3 unspecified atom stereocenters. The van der Waals surface area contributed by atoms with E-state index in [0.717, 1.165) is 23.6 Å². The molecular formula is C19H27NO. The Morgan fingerprint density at radius 1 is 1.19 bits per heavy atom. The maximum atomic E-state index is 5.60. The molecule has 114 valence electrons. The van der Waals surface area contributed by atoms with Gasteiger partial charge in [0.05, 0.1) is 7.11 Å². The molecule has 3 atom stereocenters. The third-order valence-electron chi connectivity index (χ3n) is 6.16. The molecule has 4 rings (SSSR count). The van der Waals surface area contributed by atoms with Crippen LogP contribution in [-0.4, -0.2) is 19.7 Å². The Balaban J connectivity index is 1.57. The van der Waals surface area contributed by atoms with Crippen LogP contribution in [0.3, 0.4) is 0 Å². The van der Waals surface area contributed by atoms with Gasteiger partial charge in [0, 0.05) is 12.6 Å². The smallest absolute Gasteiger partial charge is 0.122 e. The first-order chi connectivity index (χ1) is 10.3. The molecule has 3 aliphatic carbocycles. The van der Waals surface area contributed by atoms with Gasteiger partial charge in [0.25, 0.3) is 0 Å². The van der Waals surface area contributed by atoms with E-state index in [0.29, 0.717) is 5.41 Å². The van der Waals surface area contributed by atoms with Crippen LogP contribution in [0.2, 0.25) is 0 Å². The normalized spacial score (nSPS) is 34.3. The van der Waals surface area contributed by atoms with Crippen molar-refractivity contribution >= 4 is 0 Å². The van der Waals surface area contributed by atoms with E-state index in [9.17, 15) is 0 Å². The van der Waals surface area contributed by atoms with Crippen LogP contribution < -0.4 is 10.1 Å². The molecule has 0 heterocycles. The zero-order valence-corrected chi connectivity index (χ0v) is 13.1. The molecular weight excluding hydrogens is 258 g/mol. The monoisotopic (exact) mass is 285 g/mol. The first-order valence-electron chi connectivity index (χ1n) is 8.64. The van der Waals surface area contributed by atoms with E-state index < -0.39 is 0 Å². The van der Waals surface area contributed by atoms with Crippen LogP contribution >= 0.6 is 0 Å². The SMILES string of the molecule is COc1ccccc1CC1(CNC2CC2)CC2CCC1C2. The molecule has 0 radical (unpaired) electrons. The first kappa shape index (κ1) is 13.6. The summed E-state index contributed by atoms with van der Waals surface area (Å²) in [5.74, 6) is 3.00. The predicted molar refractivity (Wildman–Crippen MR) is 85.6 cm³/mol. The Hall–Kier alpha value is -1.02. The molecule has 0 saturated heterocycles. The van der Waals surface area contributed by atoms with Crippen LogP contribution in [0.5, 0.6) is 5.75 Å². The summed E-state index contributed by atoms with van der Waals surface area (Å²) in [6.07, 6.45) is 9.79. The minimum absolute atomic E-state index is 0.486. The largest absolute Gasteiger partial charge is 0.496 e. The highest BCUT2D eigenvalue weighted by Gasteiger charge is 2.51. The Labute approximate surface area is 128 Å². The molecule has 0 aromatic heterocycles. The lowest BCUT2D eigenvalue weighted by molar-refractivity contribution is 0.154. The molecule has 2 bridgehead atoms. The summed E-state index contributed by atoms with van der Waals surface area (Å²) in [6, 6.07) is 9.44. The number of hydrogen-bond donors (Lipinski definition) is 1. The van der Waals surface area contributed by atoms with Gasteiger partial charge in [-0.2, -0.15) is 0 Å². The third-order valence-corrected chi connectivity index (χ3v) is 6.16. The van der Waals surface area contributed by atoms with Crippen LogP contribution in [0.1, 0.15) is 44.1 Å². The van der Waals surface area contributed by atoms with Crippen LogP contribution in [-0.2, 0) is 6.42 Å². The fourth-order valence-corrected chi connectivity index (χ4v) is 4.92. The second-order valence-electron chi connectivity index (χ2n) is 7.59. The second-order valence-corrected chi connectivity index (χ2v) is 7.59. The van der Waals surface area contributed by atoms with E-state index in [1.807, 2.05) is 0 Å². The Bertz CT molecular complexity index is 510. The summed E-state index contributed by atoms with van der Waals surface area (Å²) in [5, 5.41) is 3.84. The average molecular weight is 285 g/mol. The van der Waals surface area contributed by atoms with Crippen molar-refractivity contribution in [3.8, 4) is 5.75 Å². The highest BCUT2D eigenvalue weighted by Crippen LogP contribution is 2.57. The van der Waals surface area contributed by atoms with Crippen LogP contribution in [0.4, 0.5) is 0 Å². The highest BCUT2D eigenvalue weighted by molar-refractivity contribution is 5.34. The number of rotatable bonds is 6. The number of para-hydroxylation sites is 1. The minimum Gasteiger partial charge on any atom is -0.496 e. The van der Waals surface area contributed by atoms with Gasteiger partial charge in [-0.25, -0.2) is 0 Å². The van der Waals surface area contributed by atoms with Gasteiger partial charge in [-0.1, -0.05) is 24.6 Å². The number of fused-ring (bicyclic) bond motifs is 2. The molecule has 2 heteroatoms. The van der Waals surface area contributed by atoms with Crippen molar-refractivity contribution in [3.05, 3.63) is 29.8 Å². The molecule has 3 aliphatic rings. The first-order valence-corrected chi connectivity index (χ1v) is 8.64. The number of methoxy groups -OCH3 is 1. The van der Waals surface area contributed by atoms with Crippen LogP contribution in [0.25, 0.3) is 0 Å². The van der Waals surface area contributed by atoms with Gasteiger partial charge in [0.15, 0.2) is 0 Å². The molecule has 3 fully saturated rings. The van der Waals surface area contributed by atoms with Gasteiger partial charge < -0.3 is 10.1 Å². The third kappa shape index (κ3) is 2.59. The molecule has 3 saturated carbocycles. The second kappa shape index (κ2) is 5.31. The van der Waals surface area contributed by atoms with E-state index >= 15 is 0 Å². The van der Waals surface area contributed by atoms with Crippen LogP contribution in [0.15, 0.2) is 24.3 Å². The van der Waals surface area contributed by atoms with Gasteiger partial charge in [-0.05, 0) is 67.4 Å². The molecule has 1 N–H and O–H groups in total. The maximum Gasteiger partial charge on any atom is 0.122 e. The Morgan fingerprint density at radius 2 is 2.05 bits per heavy atom. The lowest BCUT2D eigenvalue weighted by Crippen LogP contribution is -2.41. The van der Waals surface area contributed by atoms with Crippen molar-refractivity contribution in [1.82, 2.24) is 5.32 Å². The lowest BCUT2D eigenvalue weighted by Gasteiger charge is -2.39. The standard InChI is InChI=1S/C19H27NO/c1-21-18-5-3-2-4-15(18)12-19(13-20-17-8-9-17)11-14-6-7-16(19)10-14/h2-5,14,16-17,20H,6-13H2,1H3. The molecule has 0 aliphatic heterocycles. The zero-order valence-electron chi connectivity index (χ0n) is 13.1. The van der Waals surface area contributed by atoms with Gasteiger partial charge in [-0.15, -0.1) is 0 Å². The number of benzene rings is 1. The summed E-state index contributed by atoms with van der Waals surface area (Å²) in [7, 11) is 1.80. The van der Waals surface area contributed by atoms with E-state index in [-0.39, 0.29) is 0 Å². The number of hydrogen-bond acceptors (Lipinski definition) is 2. The molecule has 21 heavy (non-hydrogen) atoms. The number of nitrogens with one attached hydrogen (secondary N) is 1. The van der Waals surface area contributed by atoms with E-state index in [4.69, 9.17) is 4.74 Å². The van der Waals surface area contributed by atoms with E-state index in [2.05, 4.69) is 29.6 Å². The maximum absolute atomic E-state index is 5.60. The van der Waals surface area contributed by atoms with Crippen LogP contribution in [0, 0.1) is 17.3 Å². The molecule has 1 aromatic carbocycles. The van der Waals surface area contributed by atoms with Crippen molar-refractivity contribution < 1.29 is 4.74 Å². The average Bonchev–Trinajstić information content (AvgIpc) is 3.14. The Morgan fingerprint density at radius 3 is 2.71 bits per heavy atom. The summed E-state index contributed by atoms with van der Waals surface area (Å²) >= 11 is 0. The topological polar surface area (TPSA) is 21.3 Å². The van der Waals surface area contributed by atoms with E-state index in [1.54, 1.807) is 7.11 Å². The van der Waals surface area contributed by atoms with Crippen molar-refractivity contribution in [2.45, 2.75) is 51.0 Å². The quantitative estimate of drug-likeness (QED) is 0.858. The molecule has 1 aromatic rings. The summed E-state index contributed by atoms with van der Waals surface area (Å²) < 4.78 is 5.60. The fourth-order valence-electron chi connectivity index (χ4n) is 4.92. The summed E-state index contributed by atoms with van der Waals surface area (Å²) in [5.41, 5.74) is 1.89.